The fraction of sp³-hybridized carbons (Fsp3) is 0.455. The maximum atomic E-state index is 14.1. The van der Waals surface area contributed by atoms with Gasteiger partial charge in [-0.15, -0.1) is 0 Å². The molecule has 0 unspecified atom stereocenters. The van der Waals surface area contributed by atoms with Crippen molar-refractivity contribution in [3.8, 4) is 16.9 Å². The molecule has 1 saturated heterocycles. The first-order chi connectivity index (χ1) is 13.5. The van der Waals surface area contributed by atoms with Crippen LogP contribution in [-0.4, -0.2) is 21.8 Å². The molecular weight excluding hydrogens is 384 g/mol. The fourth-order valence-electron chi connectivity index (χ4n) is 3.92. The first kappa shape index (κ1) is 20.9. The highest BCUT2D eigenvalue weighted by atomic mass is 28.3. The van der Waals surface area contributed by atoms with E-state index in [1.165, 1.54) is 43.0 Å². The van der Waals surface area contributed by atoms with E-state index >= 15 is 0 Å². The molecule has 0 bridgehead atoms. The van der Waals surface area contributed by atoms with Crippen LogP contribution in [0.3, 0.4) is 0 Å². The summed E-state index contributed by atoms with van der Waals surface area (Å²) in [5.41, 5.74) is 2.33. The van der Waals surface area contributed by atoms with Crippen molar-refractivity contribution < 1.29 is 22.3 Å². The molecule has 0 aliphatic carbocycles. The van der Waals surface area contributed by atoms with E-state index in [0.29, 0.717) is 17.0 Å². The van der Waals surface area contributed by atoms with Gasteiger partial charge in [0.1, 0.15) is 6.61 Å². The molecule has 0 atom stereocenters. The number of alkyl halides is 2. The smallest absolute Gasteiger partial charge is 0.272 e. The lowest BCUT2D eigenvalue weighted by Gasteiger charge is -2.27. The number of halogens is 4. The van der Waals surface area contributed by atoms with Crippen molar-refractivity contribution in [2.45, 2.75) is 56.7 Å². The van der Waals surface area contributed by atoms with Crippen molar-refractivity contribution in [2.24, 2.45) is 0 Å². The maximum Gasteiger partial charge on any atom is 0.272 e. The second-order valence-electron chi connectivity index (χ2n) is 7.37. The Kier molecular flexibility index (Phi) is 7.16. The molecule has 28 heavy (non-hydrogen) atoms. The summed E-state index contributed by atoms with van der Waals surface area (Å²) in [7, 11) is -0.155. The zero-order valence-corrected chi connectivity index (χ0v) is 17.0. The number of hydrogen-bond acceptors (Lipinski definition) is 1. The van der Waals surface area contributed by atoms with E-state index < -0.39 is 30.4 Å². The Morgan fingerprint density at radius 3 is 2.14 bits per heavy atom. The molecule has 6 heteroatoms. The molecule has 0 spiro atoms. The molecule has 3 rings (SSSR count). The highest BCUT2D eigenvalue weighted by Gasteiger charge is 2.23. The van der Waals surface area contributed by atoms with E-state index in [0.717, 1.165) is 12.1 Å². The van der Waals surface area contributed by atoms with Crippen LogP contribution in [0, 0.1) is 11.6 Å². The van der Waals surface area contributed by atoms with Crippen molar-refractivity contribution in [3.05, 3.63) is 53.6 Å². The van der Waals surface area contributed by atoms with E-state index in [4.69, 9.17) is 0 Å². The van der Waals surface area contributed by atoms with Crippen molar-refractivity contribution >= 4 is 8.80 Å². The Morgan fingerprint density at radius 1 is 1.00 bits per heavy atom. The quantitative estimate of drug-likeness (QED) is 0.351. The van der Waals surface area contributed by atoms with Gasteiger partial charge >= 0.3 is 0 Å². The minimum Gasteiger partial charge on any atom is -0.482 e. The topological polar surface area (TPSA) is 9.23 Å². The number of ether oxygens (including phenoxy) is 1. The summed E-state index contributed by atoms with van der Waals surface area (Å²) in [6.07, 6.45) is 0.956. The van der Waals surface area contributed by atoms with E-state index in [-0.39, 0.29) is 8.80 Å². The summed E-state index contributed by atoms with van der Waals surface area (Å²) in [6, 6.07) is 14.2. The zero-order chi connectivity index (χ0) is 20.1. The van der Waals surface area contributed by atoms with Crippen molar-refractivity contribution in [2.75, 3.05) is 6.61 Å². The molecule has 1 aliphatic heterocycles. The lowest BCUT2D eigenvalue weighted by atomic mass is 9.92. The standard InChI is InChI=1S/C22H25F4OSi/c1-2-9-28-10-7-17(8-11-28)15-3-5-16(6-4-15)18-12-19(23)22(20(24)13-18)27-14-21(25)26/h3-6,12-13,17,21H,2,7-11,14H2,1H3. The van der Waals surface area contributed by atoms with Crippen LogP contribution in [-0.2, 0) is 0 Å². The van der Waals surface area contributed by atoms with E-state index in [2.05, 4.69) is 11.7 Å². The Morgan fingerprint density at radius 2 is 1.61 bits per heavy atom. The fourth-order valence-corrected chi connectivity index (χ4v) is 6.89. The van der Waals surface area contributed by atoms with Crippen LogP contribution in [0.25, 0.3) is 11.1 Å². The van der Waals surface area contributed by atoms with E-state index in [1.54, 1.807) is 0 Å². The Labute approximate surface area is 165 Å². The van der Waals surface area contributed by atoms with Gasteiger partial charge in [0, 0.05) is 8.80 Å². The Bertz CT molecular complexity index is 748. The largest absolute Gasteiger partial charge is 0.482 e. The summed E-state index contributed by atoms with van der Waals surface area (Å²) in [5.74, 6) is -2.14. The molecule has 151 valence electrons. The number of hydrogen-bond donors (Lipinski definition) is 0. The van der Waals surface area contributed by atoms with Crippen LogP contribution in [0.1, 0.15) is 37.7 Å². The molecule has 1 nitrogen and oxygen atoms in total. The predicted molar refractivity (Wildman–Crippen MR) is 106 cm³/mol. The molecule has 2 aromatic carbocycles. The number of benzene rings is 2. The highest BCUT2D eigenvalue weighted by Crippen LogP contribution is 2.36. The molecule has 1 aliphatic rings. The van der Waals surface area contributed by atoms with E-state index in [1.807, 2.05) is 24.3 Å². The predicted octanol–water partition coefficient (Wildman–Crippen LogP) is 7.06. The van der Waals surface area contributed by atoms with Crippen LogP contribution >= 0.6 is 0 Å². The molecule has 1 heterocycles. The lowest BCUT2D eigenvalue weighted by molar-refractivity contribution is 0.0777. The van der Waals surface area contributed by atoms with Gasteiger partial charge < -0.3 is 4.74 Å². The third kappa shape index (κ3) is 5.16. The van der Waals surface area contributed by atoms with Crippen LogP contribution < -0.4 is 4.74 Å². The SMILES string of the molecule is CCC[Si]1CCC(c2ccc(-c3cc(F)c(OCC(F)F)c(F)c3)cc2)CC1. The summed E-state index contributed by atoms with van der Waals surface area (Å²) in [6.45, 7) is 1.22. The van der Waals surface area contributed by atoms with Gasteiger partial charge in [-0.3, -0.25) is 0 Å². The molecule has 1 fully saturated rings. The van der Waals surface area contributed by atoms with E-state index in [9.17, 15) is 17.6 Å². The number of rotatable bonds is 7. The monoisotopic (exact) mass is 409 g/mol. The summed E-state index contributed by atoms with van der Waals surface area (Å²) in [4.78, 5) is 0. The second kappa shape index (κ2) is 9.59. The van der Waals surface area contributed by atoms with Gasteiger partial charge in [0.05, 0.1) is 0 Å². The maximum absolute atomic E-state index is 14.1. The average molecular weight is 410 g/mol. The molecular formula is C22H25F4OSi. The van der Waals surface area contributed by atoms with Crippen molar-refractivity contribution in [3.63, 3.8) is 0 Å². The van der Waals surface area contributed by atoms with Gasteiger partial charge in [-0.25, -0.2) is 17.6 Å². The normalized spacial score (nSPS) is 15.9. The van der Waals surface area contributed by atoms with Crippen molar-refractivity contribution in [1.29, 1.82) is 0 Å². The summed E-state index contributed by atoms with van der Waals surface area (Å²) >= 11 is 0. The van der Waals surface area contributed by atoms with Crippen LogP contribution in [0.5, 0.6) is 5.75 Å². The highest BCUT2D eigenvalue weighted by molar-refractivity contribution is 6.59. The molecule has 0 aromatic heterocycles. The first-order valence-corrected chi connectivity index (χ1v) is 11.9. The third-order valence-electron chi connectivity index (χ3n) is 5.36. The molecule has 1 radical (unpaired) electrons. The van der Waals surface area contributed by atoms with Crippen LogP contribution in [0.4, 0.5) is 17.6 Å². The Hall–Kier alpha value is -1.82. The van der Waals surface area contributed by atoms with Gasteiger partial charge in [-0.1, -0.05) is 55.7 Å². The molecule has 0 N–H and O–H groups in total. The van der Waals surface area contributed by atoms with Crippen LogP contribution in [0.2, 0.25) is 18.1 Å². The van der Waals surface area contributed by atoms with Gasteiger partial charge in [-0.05, 0) is 47.6 Å². The first-order valence-electron chi connectivity index (χ1n) is 9.81. The zero-order valence-electron chi connectivity index (χ0n) is 16.0. The lowest BCUT2D eigenvalue weighted by Crippen LogP contribution is -2.19. The molecule has 0 saturated carbocycles. The summed E-state index contributed by atoms with van der Waals surface area (Å²) < 4.78 is 57.2. The minimum absolute atomic E-state index is 0.155. The average Bonchev–Trinajstić information content (AvgIpc) is 2.68. The summed E-state index contributed by atoms with van der Waals surface area (Å²) in [5, 5.41) is 0. The second-order valence-corrected chi connectivity index (χ2v) is 10.4. The van der Waals surface area contributed by atoms with Crippen LogP contribution in [0.15, 0.2) is 36.4 Å². The van der Waals surface area contributed by atoms with Gasteiger partial charge in [0.15, 0.2) is 17.4 Å². The van der Waals surface area contributed by atoms with Gasteiger partial charge in [0.2, 0.25) is 0 Å². The third-order valence-corrected chi connectivity index (χ3v) is 8.56. The Balaban J connectivity index is 1.70. The van der Waals surface area contributed by atoms with Gasteiger partial charge in [-0.2, -0.15) is 0 Å². The van der Waals surface area contributed by atoms with Gasteiger partial charge in [0.25, 0.3) is 6.43 Å². The molecule has 0 amide bonds. The molecule has 2 aromatic rings. The van der Waals surface area contributed by atoms with Crippen molar-refractivity contribution in [1.82, 2.24) is 0 Å². The minimum atomic E-state index is -2.79.